The number of nitrogens with zero attached hydrogens (tertiary/aromatic N) is 1. The minimum Gasteiger partial charge on any atom is -0.368 e. The molecule has 0 atom stereocenters. The van der Waals surface area contributed by atoms with Gasteiger partial charge in [-0.1, -0.05) is 0 Å². The Kier molecular flexibility index (Phi) is 3.04. The first-order valence-corrected chi connectivity index (χ1v) is 1.87. The molecule has 0 aromatic heterocycles. The molecule has 1 amide bonds. The normalized spacial score (nSPS) is 9.88. The van der Waals surface area contributed by atoms with Crippen LogP contribution in [0.1, 0.15) is 0 Å². The highest BCUT2D eigenvalue weighted by Gasteiger charge is 1.97. The third kappa shape index (κ3) is 3.50. The Balaban J connectivity index is 3.24. The molecule has 0 aliphatic heterocycles. The van der Waals surface area contributed by atoms with Crippen molar-refractivity contribution in [3.8, 4) is 0 Å². The van der Waals surface area contributed by atoms with Crippen LogP contribution in [0.25, 0.3) is 0 Å². The van der Waals surface area contributed by atoms with Crippen LogP contribution in [0.15, 0.2) is 0 Å². The van der Waals surface area contributed by atoms with Gasteiger partial charge in [-0.15, -0.1) is 5.59 Å². The molecule has 0 heterocycles. The summed E-state index contributed by atoms with van der Waals surface area (Å²) in [6.45, 7) is -0.226. The molecule has 8 heavy (non-hydrogen) atoms. The summed E-state index contributed by atoms with van der Waals surface area (Å²) in [5.41, 5.74) is 6.16. The van der Waals surface area contributed by atoms with Gasteiger partial charge < -0.3 is 10.9 Å². The minimum absolute atomic E-state index is 0.226. The number of carbonyl (C=O) groups excluding carboxylic acids is 1. The largest absolute Gasteiger partial charge is 0.368 e. The van der Waals surface area contributed by atoms with E-state index in [1.54, 1.807) is 0 Å². The number of rotatable bonds is 3. The number of primary amides is 1. The van der Waals surface area contributed by atoms with E-state index in [2.05, 4.69) is 5.73 Å². The van der Waals surface area contributed by atoms with Gasteiger partial charge in [0.05, 0.1) is 0 Å². The zero-order chi connectivity index (χ0) is 6.57. The zero-order valence-corrected chi connectivity index (χ0v) is 4.16. The van der Waals surface area contributed by atoms with Crippen LogP contribution in [0.3, 0.4) is 0 Å². The topological polar surface area (TPSA) is 105 Å². The number of hydrogen-bond acceptors (Lipinski definition) is 5. The number of hydrazine groups is 2. The first-order chi connectivity index (χ1) is 3.66. The molecule has 0 fully saturated rings. The number of amides is 1. The lowest BCUT2D eigenvalue weighted by Gasteiger charge is -2.08. The Bertz CT molecular complexity index is 84.1. The number of hydrogen-bond donors (Lipinski definition) is 4. The lowest BCUT2D eigenvalue weighted by Crippen LogP contribution is -2.46. The van der Waals surface area contributed by atoms with E-state index in [1.165, 1.54) is 5.59 Å². The molecule has 0 aromatic carbocycles. The molecule has 0 bridgehead atoms. The van der Waals surface area contributed by atoms with Crippen LogP contribution in [0.5, 0.6) is 0 Å². The Morgan fingerprint density at radius 3 is 2.50 bits per heavy atom. The number of nitrogens with two attached hydrogens (primary N) is 2. The highest BCUT2D eigenvalue weighted by Crippen LogP contribution is 1.62. The molecular weight excluding hydrogens is 112 g/mol. The van der Waals surface area contributed by atoms with Crippen LogP contribution in [0.4, 0.5) is 0 Å². The fraction of sp³-hybridized carbons (Fsp3) is 0.500. The maximum absolute atomic E-state index is 9.92. The van der Waals surface area contributed by atoms with Crippen LogP contribution in [0, 0.1) is 0 Å². The van der Waals surface area contributed by atoms with Gasteiger partial charge in [0.2, 0.25) is 5.91 Å². The fourth-order valence-corrected chi connectivity index (χ4v) is 0.203. The van der Waals surface area contributed by atoms with Gasteiger partial charge in [-0.05, 0) is 0 Å². The van der Waals surface area contributed by atoms with E-state index < -0.39 is 5.91 Å². The first-order valence-electron chi connectivity index (χ1n) is 1.87. The lowest BCUT2D eigenvalue weighted by molar-refractivity contribution is -0.123. The summed E-state index contributed by atoms with van der Waals surface area (Å²) in [5.74, 6) is 4.23. The van der Waals surface area contributed by atoms with Gasteiger partial charge in [-0.3, -0.25) is 10.6 Å². The fourth-order valence-electron chi connectivity index (χ4n) is 0.203. The van der Waals surface area contributed by atoms with Gasteiger partial charge in [0.15, 0.2) is 0 Å². The second kappa shape index (κ2) is 3.33. The molecule has 6 heteroatoms. The highest BCUT2D eigenvalue weighted by molar-refractivity contribution is 5.75. The van der Waals surface area contributed by atoms with Gasteiger partial charge in [0.1, 0.15) is 6.54 Å². The van der Waals surface area contributed by atoms with Crippen molar-refractivity contribution in [2.45, 2.75) is 0 Å². The van der Waals surface area contributed by atoms with Crippen molar-refractivity contribution in [1.82, 2.24) is 10.7 Å². The first kappa shape index (κ1) is 7.31. The molecule has 0 saturated heterocycles. The maximum Gasteiger partial charge on any atom is 0.234 e. The highest BCUT2D eigenvalue weighted by atomic mass is 16.5. The molecule has 6 N–H and O–H groups in total. The smallest absolute Gasteiger partial charge is 0.234 e. The van der Waals surface area contributed by atoms with Crippen molar-refractivity contribution < 1.29 is 10.0 Å². The van der Waals surface area contributed by atoms with E-state index in [0.29, 0.717) is 5.12 Å². The summed E-state index contributed by atoms with van der Waals surface area (Å²) in [5, 5.41) is 8.58. The van der Waals surface area contributed by atoms with Gasteiger partial charge in [-0.25, -0.2) is 0 Å². The second-order valence-electron chi connectivity index (χ2n) is 1.19. The van der Waals surface area contributed by atoms with Crippen molar-refractivity contribution in [2.24, 2.45) is 11.6 Å². The molecule has 6 nitrogen and oxygen atoms in total. The van der Waals surface area contributed by atoms with E-state index in [4.69, 9.17) is 11.0 Å². The molecule has 0 rings (SSSR count). The predicted octanol–water partition coefficient (Wildman–Crippen LogP) is -2.46. The third-order valence-corrected chi connectivity index (χ3v) is 0.455. The van der Waals surface area contributed by atoms with Crippen LogP contribution in [0.2, 0.25) is 0 Å². The van der Waals surface area contributed by atoms with Crippen molar-refractivity contribution in [3.05, 3.63) is 0 Å². The Morgan fingerprint density at radius 2 is 2.38 bits per heavy atom. The number of nitrogens with one attached hydrogen (secondary N) is 1. The molecule has 0 saturated carbocycles. The summed E-state index contributed by atoms with van der Waals surface area (Å²) in [6.07, 6.45) is 0. The summed E-state index contributed by atoms with van der Waals surface area (Å²) in [7, 11) is 0. The van der Waals surface area contributed by atoms with E-state index in [-0.39, 0.29) is 6.54 Å². The lowest BCUT2D eigenvalue weighted by atomic mass is 10.6. The van der Waals surface area contributed by atoms with E-state index >= 15 is 0 Å². The van der Waals surface area contributed by atoms with Gasteiger partial charge >= 0.3 is 0 Å². The van der Waals surface area contributed by atoms with Gasteiger partial charge in [-0.2, -0.15) is 5.12 Å². The van der Waals surface area contributed by atoms with Crippen LogP contribution in [-0.4, -0.2) is 22.8 Å². The minimum atomic E-state index is -0.617. The summed E-state index contributed by atoms with van der Waals surface area (Å²) < 4.78 is 0. The van der Waals surface area contributed by atoms with Gasteiger partial charge in [0.25, 0.3) is 0 Å². The average molecular weight is 120 g/mol. The summed E-state index contributed by atoms with van der Waals surface area (Å²) in [6, 6.07) is 0. The Morgan fingerprint density at radius 1 is 1.88 bits per heavy atom. The Labute approximate surface area is 45.9 Å². The monoisotopic (exact) mass is 120 g/mol. The van der Waals surface area contributed by atoms with Crippen LogP contribution < -0.4 is 17.2 Å². The zero-order valence-electron chi connectivity index (χ0n) is 4.16. The van der Waals surface area contributed by atoms with Crippen molar-refractivity contribution in [1.29, 1.82) is 0 Å². The summed E-state index contributed by atoms with van der Waals surface area (Å²) >= 11 is 0. The summed E-state index contributed by atoms with van der Waals surface area (Å²) in [4.78, 5) is 9.92. The molecule has 0 spiro atoms. The van der Waals surface area contributed by atoms with E-state index in [1.807, 2.05) is 0 Å². The van der Waals surface area contributed by atoms with Crippen molar-refractivity contribution >= 4 is 5.91 Å². The quantitative estimate of drug-likeness (QED) is 0.244. The van der Waals surface area contributed by atoms with Gasteiger partial charge in [0, 0.05) is 0 Å². The van der Waals surface area contributed by atoms with E-state index in [0.717, 1.165) is 0 Å². The van der Waals surface area contributed by atoms with Crippen LogP contribution in [-0.2, 0) is 4.79 Å². The standard InChI is InChI=1S/C2H8N4O2/c3-2(7)1-6(4)5-8/h5,8H,1,4H2,(H2,3,7). The van der Waals surface area contributed by atoms with Crippen molar-refractivity contribution in [3.63, 3.8) is 0 Å². The maximum atomic E-state index is 9.92. The molecular formula is C2H8N4O2. The predicted molar refractivity (Wildman–Crippen MR) is 25.0 cm³/mol. The van der Waals surface area contributed by atoms with Crippen LogP contribution >= 0.6 is 0 Å². The average Bonchev–Trinajstić information content (AvgIpc) is 1.65. The van der Waals surface area contributed by atoms with E-state index in [9.17, 15) is 4.79 Å². The number of carbonyl (C=O) groups is 1. The second-order valence-corrected chi connectivity index (χ2v) is 1.19. The molecule has 0 aliphatic carbocycles. The molecule has 48 valence electrons. The molecule has 0 radical (unpaired) electrons. The SMILES string of the molecule is NC(=O)CN(N)NO. The molecule has 0 unspecified atom stereocenters. The van der Waals surface area contributed by atoms with Crippen molar-refractivity contribution in [2.75, 3.05) is 6.54 Å². The molecule has 0 aromatic rings. The Hall–Kier alpha value is -0.690. The third-order valence-electron chi connectivity index (χ3n) is 0.455. The molecule has 0 aliphatic rings.